The standard InChI is InChI=1S/C15H19N5O2/c1-18-11-13(9-5-6-10-21)19-14(17-18)16-15(22)20(19)12-7-3-2-4-8-12/h2-4,7-8,11,21H,5-6,9-10H2,1H3,(H,16,17,22). The zero-order valence-electron chi connectivity index (χ0n) is 12.4. The van der Waals surface area contributed by atoms with Crippen molar-refractivity contribution in [3.63, 3.8) is 0 Å². The molecule has 1 aromatic heterocycles. The van der Waals surface area contributed by atoms with Gasteiger partial charge in [0.15, 0.2) is 0 Å². The number of aliphatic hydroxyl groups excluding tert-OH is 1. The molecule has 2 heterocycles. The van der Waals surface area contributed by atoms with Crippen molar-refractivity contribution >= 4 is 11.6 Å². The fourth-order valence-electron chi connectivity index (χ4n) is 2.55. The molecule has 1 aliphatic heterocycles. The van der Waals surface area contributed by atoms with Crippen LogP contribution in [0.2, 0.25) is 0 Å². The van der Waals surface area contributed by atoms with Gasteiger partial charge >= 0.3 is 5.69 Å². The third-order valence-corrected chi connectivity index (χ3v) is 3.52. The molecule has 0 radical (unpaired) electrons. The zero-order valence-corrected chi connectivity index (χ0v) is 12.4. The number of fused-ring (bicyclic) bond motifs is 1. The number of anilines is 1. The molecule has 0 aliphatic carbocycles. The number of allylic oxidation sites excluding steroid dienone is 1. The molecule has 1 aliphatic rings. The lowest BCUT2D eigenvalue weighted by molar-refractivity contribution is 0.285. The van der Waals surface area contributed by atoms with Crippen LogP contribution in [0.25, 0.3) is 11.4 Å². The fraction of sp³-hybridized carbons (Fsp3) is 0.333. The molecule has 0 atom stereocenters. The van der Waals surface area contributed by atoms with Crippen LogP contribution < -0.4 is 11.1 Å². The highest BCUT2D eigenvalue weighted by Crippen LogP contribution is 2.23. The monoisotopic (exact) mass is 301 g/mol. The van der Waals surface area contributed by atoms with Crippen LogP contribution in [0.4, 0.5) is 5.95 Å². The molecule has 0 fully saturated rings. The summed E-state index contributed by atoms with van der Waals surface area (Å²) in [6.07, 6.45) is 4.26. The van der Waals surface area contributed by atoms with Crippen LogP contribution in [0.3, 0.4) is 0 Å². The molecule has 0 saturated carbocycles. The maximum Gasteiger partial charge on any atom is 0.370 e. The second-order valence-electron chi connectivity index (χ2n) is 5.20. The molecule has 7 nitrogen and oxygen atoms in total. The summed E-state index contributed by atoms with van der Waals surface area (Å²) < 4.78 is 3.36. The number of unbranched alkanes of at least 4 members (excludes halogenated alkanes) is 1. The van der Waals surface area contributed by atoms with Gasteiger partial charge < -0.3 is 5.11 Å². The topological polar surface area (TPSA) is 75.3 Å². The predicted molar refractivity (Wildman–Crippen MR) is 84.4 cm³/mol. The van der Waals surface area contributed by atoms with E-state index in [9.17, 15) is 4.79 Å². The summed E-state index contributed by atoms with van der Waals surface area (Å²) in [7, 11) is 1.86. The van der Waals surface area contributed by atoms with Gasteiger partial charge in [0.1, 0.15) is 0 Å². The number of aliphatic hydroxyl groups is 1. The lowest BCUT2D eigenvalue weighted by Crippen LogP contribution is -2.29. The van der Waals surface area contributed by atoms with Gasteiger partial charge in [-0.15, -0.1) is 0 Å². The molecular weight excluding hydrogens is 282 g/mol. The Balaban J connectivity index is 2.06. The second-order valence-corrected chi connectivity index (χ2v) is 5.20. The second kappa shape index (κ2) is 6.07. The van der Waals surface area contributed by atoms with Crippen LogP contribution in [0.5, 0.6) is 0 Å². The molecule has 3 rings (SSSR count). The van der Waals surface area contributed by atoms with Gasteiger partial charge in [0, 0.05) is 19.9 Å². The Labute approximate surface area is 128 Å². The highest BCUT2D eigenvalue weighted by atomic mass is 16.3. The van der Waals surface area contributed by atoms with Crippen LogP contribution in [0, 0.1) is 0 Å². The first-order chi connectivity index (χ1) is 10.7. The van der Waals surface area contributed by atoms with Gasteiger partial charge in [-0.05, 0) is 31.4 Å². The van der Waals surface area contributed by atoms with Crippen LogP contribution in [0.1, 0.15) is 19.3 Å². The van der Waals surface area contributed by atoms with Gasteiger partial charge in [0.05, 0.1) is 11.4 Å². The Morgan fingerprint density at radius 3 is 2.68 bits per heavy atom. The molecule has 116 valence electrons. The van der Waals surface area contributed by atoms with Gasteiger partial charge in [0.2, 0.25) is 5.95 Å². The highest BCUT2D eigenvalue weighted by Gasteiger charge is 2.22. The van der Waals surface area contributed by atoms with E-state index in [1.54, 1.807) is 14.4 Å². The smallest absolute Gasteiger partial charge is 0.370 e. The van der Waals surface area contributed by atoms with Crippen molar-refractivity contribution in [3.8, 4) is 5.69 Å². The van der Waals surface area contributed by atoms with Crippen molar-refractivity contribution in [3.05, 3.63) is 47.0 Å². The minimum absolute atomic E-state index is 0.170. The Hall–Kier alpha value is -2.54. The van der Waals surface area contributed by atoms with E-state index in [0.717, 1.165) is 30.6 Å². The quantitative estimate of drug-likeness (QED) is 0.813. The Morgan fingerprint density at radius 2 is 1.95 bits per heavy atom. The molecule has 0 spiro atoms. The van der Waals surface area contributed by atoms with Gasteiger partial charge in [-0.3, -0.25) is 10.4 Å². The predicted octanol–water partition coefficient (Wildman–Crippen LogP) is 1.27. The van der Waals surface area contributed by atoms with Gasteiger partial charge in [-0.2, -0.15) is 9.67 Å². The third-order valence-electron chi connectivity index (χ3n) is 3.52. The minimum Gasteiger partial charge on any atom is -0.396 e. The van der Waals surface area contributed by atoms with Crippen molar-refractivity contribution in [2.45, 2.75) is 19.3 Å². The molecule has 1 aromatic carbocycles. The van der Waals surface area contributed by atoms with E-state index in [4.69, 9.17) is 5.11 Å². The number of nitrogens with zero attached hydrogens (tertiary/aromatic N) is 4. The Morgan fingerprint density at radius 1 is 1.18 bits per heavy atom. The maximum atomic E-state index is 12.3. The molecule has 2 N–H and O–H groups in total. The first-order valence-electron chi connectivity index (χ1n) is 7.29. The molecule has 7 heteroatoms. The number of para-hydroxylation sites is 1. The van der Waals surface area contributed by atoms with Crippen molar-refractivity contribution < 1.29 is 5.11 Å². The number of rotatable bonds is 5. The van der Waals surface area contributed by atoms with E-state index in [2.05, 4.69) is 10.4 Å². The summed E-state index contributed by atoms with van der Waals surface area (Å²) >= 11 is 0. The van der Waals surface area contributed by atoms with E-state index in [1.165, 1.54) is 0 Å². The van der Waals surface area contributed by atoms with Crippen LogP contribution >= 0.6 is 0 Å². The maximum absolute atomic E-state index is 12.3. The van der Waals surface area contributed by atoms with Crippen LogP contribution in [0.15, 0.2) is 41.3 Å². The summed E-state index contributed by atoms with van der Waals surface area (Å²) in [6, 6.07) is 9.44. The summed E-state index contributed by atoms with van der Waals surface area (Å²) in [4.78, 5) is 16.4. The van der Waals surface area contributed by atoms with Crippen molar-refractivity contribution in [2.24, 2.45) is 0 Å². The molecular formula is C15H19N5O2. The van der Waals surface area contributed by atoms with E-state index < -0.39 is 0 Å². The molecule has 0 saturated heterocycles. The van der Waals surface area contributed by atoms with E-state index in [0.29, 0.717) is 5.95 Å². The van der Waals surface area contributed by atoms with Gasteiger partial charge in [-0.25, -0.2) is 9.48 Å². The summed E-state index contributed by atoms with van der Waals surface area (Å²) in [6.45, 7) is 0.170. The number of hydrogen-bond acceptors (Lipinski definition) is 5. The molecule has 0 bridgehead atoms. The first kappa shape index (κ1) is 14.4. The number of hydrogen-bond donors (Lipinski definition) is 2. The SMILES string of the molecule is CN1C=C(CCCCO)n2c(nc(=O)n2-c2ccccc2)N1. The molecule has 0 unspecified atom stereocenters. The van der Waals surface area contributed by atoms with Crippen molar-refractivity contribution in [2.75, 3.05) is 19.1 Å². The number of hydrazine groups is 1. The van der Waals surface area contributed by atoms with E-state index in [-0.39, 0.29) is 12.3 Å². The highest BCUT2D eigenvalue weighted by molar-refractivity contribution is 5.54. The van der Waals surface area contributed by atoms with Crippen molar-refractivity contribution in [1.29, 1.82) is 0 Å². The summed E-state index contributed by atoms with van der Waals surface area (Å²) in [5.74, 6) is 0.498. The zero-order chi connectivity index (χ0) is 15.5. The first-order valence-corrected chi connectivity index (χ1v) is 7.29. The number of nitrogens with one attached hydrogen (secondary N) is 1. The van der Waals surface area contributed by atoms with E-state index in [1.807, 2.05) is 43.6 Å². The third kappa shape index (κ3) is 2.62. The van der Waals surface area contributed by atoms with Crippen LogP contribution in [-0.4, -0.2) is 38.1 Å². The Kier molecular flexibility index (Phi) is 3.97. The van der Waals surface area contributed by atoms with Gasteiger partial charge in [0.25, 0.3) is 0 Å². The molecule has 2 aromatic rings. The van der Waals surface area contributed by atoms with Crippen molar-refractivity contribution in [1.82, 2.24) is 19.4 Å². The molecule has 22 heavy (non-hydrogen) atoms. The minimum atomic E-state index is -0.322. The summed E-state index contributed by atoms with van der Waals surface area (Å²) in [5.41, 5.74) is 4.46. The molecule has 0 amide bonds. The average Bonchev–Trinajstić information content (AvgIpc) is 2.84. The van der Waals surface area contributed by atoms with E-state index >= 15 is 0 Å². The fourth-order valence-corrected chi connectivity index (χ4v) is 2.55. The Bertz CT molecular complexity index is 732. The average molecular weight is 301 g/mol. The number of aromatic nitrogens is 3. The largest absolute Gasteiger partial charge is 0.396 e. The normalized spacial score (nSPS) is 13.5. The lowest BCUT2D eigenvalue weighted by atomic mass is 10.2. The summed E-state index contributed by atoms with van der Waals surface area (Å²) in [5, 5.41) is 10.7. The lowest BCUT2D eigenvalue weighted by Gasteiger charge is -2.26. The van der Waals surface area contributed by atoms with Gasteiger partial charge in [-0.1, -0.05) is 18.2 Å². The van der Waals surface area contributed by atoms with Crippen LogP contribution in [-0.2, 0) is 0 Å². The number of benzene rings is 1.